The van der Waals surface area contributed by atoms with Crippen LogP contribution in [0.1, 0.15) is 12.8 Å². The number of ketones is 2. The summed E-state index contributed by atoms with van der Waals surface area (Å²) in [4.78, 5) is 25.1. The Morgan fingerprint density at radius 3 is 2.31 bits per heavy atom. The molecule has 0 saturated carbocycles. The van der Waals surface area contributed by atoms with Gasteiger partial charge in [-0.2, -0.15) is 0 Å². The zero-order valence-electron chi connectivity index (χ0n) is 7.17. The van der Waals surface area contributed by atoms with Crippen molar-refractivity contribution in [1.29, 1.82) is 0 Å². The molecule has 1 aliphatic heterocycles. The minimum absolute atomic E-state index is 0.0581. The first-order chi connectivity index (χ1) is 6.27. The molecule has 3 nitrogen and oxygen atoms in total. The molecule has 0 aromatic rings. The molecule has 0 amide bonds. The molecule has 13 heavy (non-hydrogen) atoms. The first kappa shape index (κ1) is 7.06. The van der Waals surface area contributed by atoms with Crippen molar-refractivity contribution in [2.24, 2.45) is 0 Å². The van der Waals surface area contributed by atoms with Gasteiger partial charge in [0.2, 0.25) is 5.78 Å². The van der Waals surface area contributed by atoms with E-state index in [1.165, 1.54) is 6.08 Å². The Bertz CT molecular complexity index is 386. The summed E-state index contributed by atoms with van der Waals surface area (Å²) < 4.78 is 0. The molecule has 1 heterocycles. The van der Waals surface area contributed by atoms with E-state index in [2.05, 4.69) is 0 Å². The van der Waals surface area contributed by atoms with E-state index >= 15 is 0 Å². The molecule has 0 N–H and O–H groups in total. The van der Waals surface area contributed by atoms with Gasteiger partial charge < -0.3 is 4.90 Å². The molecule has 0 atom stereocenters. The van der Waals surface area contributed by atoms with Crippen molar-refractivity contribution in [2.75, 3.05) is 13.1 Å². The van der Waals surface area contributed by atoms with Crippen LogP contribution in [0.5, 0.6) is 0 Å². The maximum Gasteiger partial charge on any atom is 0.205 e. The summed E-state index contributed by atoms with van der Waals surface area (Å²) in [6.07, 6.45) is 3.10. The van der Waals surface area contributed by atoms with Crippen molar-refractivity contribution in [3.05, 3.63) is 22.9 Å². The lowest BCUT2D eigenvalue weighted by atomic mass is 9.79. The molecule has 0 aromatic carbocycles. The van der Waals surface area contributed by atoms with Gasteiger partial charge in [-0.25, -0.2) is 0 Å². The van der Waals surface area contributed by atoms with E-state index in [1.54, 1.807) is 0 Å². The number of rotatable bonds is 1. The lowest BCUT2D eigenvalue weighted by Crippen LogP contribution is -2.28. The Hall–Kier alpha value is -1.38. The van der Waals surface area contributed by atoms with Gasteiger partial charge in [-0.1, -0.05) is 0 Å². The summed E-state index contributed by atoms with van der Waals surface area (Å²) in [5.41, 5.74) is 2.16. The van der Waals surface area contributed by atoms with Crippen LogP contribution in [0, 0.1) is 0 Å². The quantitative estimate of drug-likeness (QED) is 0.428. The lowest BCUT2D eigenvalue weighted by molar-refractivity contribution is -0.117. The Kier molecular flexibility index (Phi) is 1.14. The largest absolute Gasteiger partial charge is 0.365 e. The van der Waals surface area contributed by atoms with Crippen molar-refractivity contribution in [1.82, 2.24) is 4.90 Å². The SMILES string of the molecule is O=C1C=C(N2CC2)C(=O)C2=C1CC2. The fraction of sp³-hybridized carbons (Fsp3) is 0.400. The number of hydrogen-bond donors (Lipinski definition) is 0. The van der Waals surface area contributed by atoms with Crippen LogP contribution < -0.4 is 0 Å². The van der Waals surface area contributed by atoms with Crippen LogP contribution in [0.4, 0.5) is 0 Å². The van der Waals surface area contributed by atoms with Crippen molar-refractivity contribution in [2.45, 2.75) is 12.8 Å². The first-order valence-corrected chi connectivity index (χ1v) is 4.55. The maximum absolute atomic E-state index is 11.7. The summed E-state index contributed by atoms with van der Waals surface area (Å²) in [6, 6.07) is 0. The molecule has 0 radical (unpaired) electrons. The predicted molar refractivity (Wildman–Crippen MR) is 45.9 cm³/mol. The monoisotopic (exact) mass is 175 g/mol. The van der Waals surface area contributed by atoms with Crippen LogP contribution in [0.15, 0.2) is 22.9 Å². The Labute approximate surface area is 75.7 Å². The lowest BCUT2D eigenvalue weighted by Gasteiger charge is -2.26. The van der Waals surface area contributed by atoms with E-state index in [-0.39, 0.29) is 11.6 Å². The standard InChI is InChI=1S/C10H9NO2/c12-9-5-8(11-3-4-11)10(13)7-2-1-6(7)9/h5H,1-4H2. The van der Waals surface area contributed by atoms with Gasteiger partial charge in [0.25, 0.3) is 0 Å². The second-order valence-corrected chi connectivity index (χ2v) is 3.67. The minimum atomic E-state index is 0.0581. The summed E-state index contributed by atoms with van der Waals surface area (Å²) in [7, 11) is 0. The van der Waals surface area contributed by atoms with E-state index in [0.29, 0.717) is 5.70 Å². The van der Waals surface area contributed by atoms with Crippen molar-refractivity contribution in [3.63, 3.8) is 0 Å². The smallest absolute Gasteiger partial charge is 0.205 e. The molecule has 3 rings (SSSR count). The van der Waals surface area contributed by atoms with Crippen LogP contribution >= 0.6 is 0 Å². The van der Waals surface area contributed by atoms with E-state index in [1.807, 2.05) is 4.90 Å². The fourth-order valence-corrected chi connectivity index (χ4v) is 1.85. The zero-order valence-corrected chi connectivity index (χ0v) is 7.17. The van der Waals surface area contributed by atoms with E-state index < -0.39 is 0 Å². The Balaban J connectivity index is 2.03. The summed E-state index contributed by atoms with van der Waals surface area (Å²) in [6.45, 7) is 1.85. The van der Waals surface area contributed by atoms with Crippen LogP contribution in [0.3, 0.4) is 0 Å². The van der Waals surface area contributed by atoms with Gasteiger partial charge in [-0.15, -0.1) is 0 Å². The summed E-state index contributed by atoms with van der Waals surface area (Å²) in [5.74, 6) is 0.154. The Morgan fingerprint density at radius 1 is 1.08 bits per heavy atom. The molecule has 0 unspecified atom stereocenters. The predicted octanol–water partition coefficient (Wildman–Crippen LogP) is 0.428. The second kappa shape index (κ2) is 2.10. The third-order valence-electron chi connectivity index (χ3n) is 2.85. The van der Waals surface area contributed by atoms with Crippen LogP contribution in [-0.2, 0) is 9.59 Å². The number of nitrogens with zero attached hydrogens (tertiary/aromatic N) is 1. The average Bonchev–Trinajstić information content (AvgIpc) is 2.77. The molecule has 66 valence electrons. The van der Waals surface area contributed by atoms with E-state index in [0.717, 1.165) is 37.1 Å². The zero-order chi connectivity index (χ0) is 9.00. The molecule has 3 aliphatic rings. The average molecular weight is 175 g/mol. The van der Waals surface area contributed by atoms with Crippen molar-refractivity contribution < 1.29 is 9.59 Å². The normalized spacial score (nSPS) is 25.5. The highest BCUT2D eigenvalue weighted by molar-refractivity contribution is 6.24. The molecular formula is C10H9NO2. The third kappa shape index (κ3) is 0.842. The molecule has 0 aromatic heterocycles. The number of allylic oxidation sites excluding steroid dienone is 3. The second-order valence-electron chi connectivity index (χ2n) is 3.67. The molecule has 3 heteroatoms. The highest BCUT2D eigenvalue weighted by Crippen LogP contribution is 2.36. The van der Waals surface area contributed by atoms with Gasteiger partial charge >= 0.3 is 0 Å². The van der Waals surface area contributed by atoms with Crippen LogP contribution in [0.2, 0.25) is 0 Å². The molecule has 0 spiro atoms. The van der Waals surface area contributed by atoms with Gasteiger partial charge in [0.05, 0.1) is 5.70 Å². The molecular weight excluding hydrogens is 166 g/mol. The topological polar surface area (TPSA) is 37.1 Å². The number of carbonyl (C=O) groups is 2. The highest BCUT2D eigenvalue weighted by Gasteiger charge is 2.38. The summed E-state index contributed by atoms with van der Waals surface area (Å²) in [5, 5.41) is 0. The summed E-state index contributed by atoms with van der Waals surface area (Å²) >= 11 is 0. The number of carbonyl (C=O) groups excluding carboxylic acids is 2. The fourth-order valence-electron chi connectivity index (χ4n) is 1.85. The highest BCUT2D eigenvalue weighted by atomic mass is 16.1. The van der Waals surface area contributed by atoms with Crippen LogP contribution in [0.25, 0.3) is 0 Å². The van der Waals surface area contributed by atoms with Gasteiger partial charge in [0, 0.05) is 30.3 Å². The van der Waals surface area contributed by atoms with Crippen molar-refractivity contribution >= 4 is 11.6 Å². The minimum Gasteiger partial charge on any atom is -0.365 e. The molecule has 1 saturated heterocycles. The Morgan fingerprint density at radius 2 is 1.77 bits per heavy atom. The van der Waals surface area contributed by atoms with Crippen molar-refractivity contribution in [3.8, 4) is 0 Å². The van der Waals surface area contributed by atoms with Gasteiger partial charge in [-0.3, -0.25) is 9.59 Å². The molecule has 1 fully saturated rings. The first-order valence-electron chi connectivity index (χ1n) is 4.55. The van der Waals surface area contributed by atoms with Gasteiger partial charge in [0.15, 0.2) is 5.78 Å². The number of hydrogen-bond acceptors (Lipinski definition) is 3. The molecule has 0 bridgehead atoms. The van der Waals surface area contributed by atoms with Crippen LogP contribution in [-0.4, -0.2) is 29.6 Å². The van der Waals surface area contributed by atoms with E-state index in [9.17, 15) is 9.59 Å². The van der Waals surface area contributed by atoms with E-state index in [4.69, 9.17) is 0 Å². The third-order valence-corrected chi connectivity index (χ3v) is 2.85. The number of Topliss-reactive ketones (excluding diaryl/α,β-unsaturated/α-hetero) is 1. The molecule has 2 aliphatic carbocycles. The van der Waals surface area contributed by atoms with Gasteiger partial charge in [-0.05, 0) is 12.8 Å². The van der Waals surface area contributed by atoms with Gasteiger partial charge in [0.1, 0.15) is 0 Å². The maximum atomic E-state index is 11.7.